The van der Waals surface area contributed by atoms with Crippen molar-refractivity contribution in [1.82, 2.24) is 10.6 Å². The van der Waals surface area contributed by atoms with Crippen molar-refractivity contribution >= 4 is 39.3 Å². The van der Waals surface area contributed by atoms with E-state index >= 15 is 0 Å². The molecule has 1 fully saturated rings. The highest BCUT2D eigenvalue weighted by Gasteiger charge is 2.38. The normalized spacial score (nSPS) is 16.3. The molecular weight excluding hydrogens is 410 g/mol. The van der Waals surface area contributed by atoms with Gasteiger partial charge in [-0.1, -0.05) is 24.3 Å². The summed E-state index contributed by atoms with van der Waals surface area (Å²) < 4.78 is 0.824. The molecule has 0 saturated carbocycles. The van der Waals surface area contributed by atoms with Crippen molar-refractivity contribution in [2.45, 2.75) is 13.0 Å². The Balaban J connectivity index is 1.63. The Bertz CT molecular complexity index is 884. The maximum absolute atomic E-state index is 12.7. The summed E-state index contributed by atoms with van der Waals surface area (Å²) in [6.07, 6.45) is 0.476. The van der Waals surface area contributed by atoms with Crippen molar-refractivity contribution in [3.63, 3.8) is 0 Å². The van der Waals surface area contributed by atoms with Crippen LogP contribution in [0.5, 0.6) is 0 Å². The van der Waals surface area contributed by atoms with Gasteiger partial charge in [0.1, 0.15) is 5.92 Å². The van der Waals surface area contributed by atoms with Crippen LogP contribution in [-0.4, -0.2) is 31.3 Å². The second-order valence-corrected chi connectivity index (χ2v) is 7.13. The Morgan fingerprint density at radius 3 is 2.70 bits per heavy atom. The SMILES string of the molecule is CNC(=O)c1cccc(CNC(=O)[C@@H]2CCN(c3ccccc3Br)C2=O)c1. The first kappa shape index (κ1) is 19.1. The molecule has 0 aromatic heterocycles. The molecule has 3 rings (SSSR count). The van der Waals surface area contributed by atoms with Gasteiger partial charge in [0.25, 0.3) is 5.91 Å². The third-order valence-corrected chi connectivity index (χ3v) is 5.22. The molecule has 0 spiro atoms. The molecule has 27 heavy (non-hydrogen) atoms. The van der Waals surface area contributed by atoms with Crippen LogP contribution in [0.3, 0.4) is 0 Å². The second-order valence-electron chi connectivity index (χ2n) is 6.28. The number of rotatable bonds is 5. The lowest BCUT2D eigenvalue weighted by molar-refractivity contribution is -0.132. The van der Waals surface area contributed by atoms with E-state index in [0.29, 0.717) is 18.5 Å². The van der Waals surface area contributed by atoms with Crippen LogP contribution in [0.25, 0.3) is 0 Å². The fourth-order valence-corrected chi connectivity index (χ4v) is 3.61. The summed E-state index contributed by atoms with van der Waals surface area (Å²) in [4.78, 5) is 38.5. The maximum Gasteiger partial charge on any atom is 0.251 e. The largest absolute Gasteiger partial charge is 0.355 e. The first-order valence-corrected chi connectivity index (χ1v) is 9.45. The van der Waals surface area contributed by atoms with E-state index in [4.69, 9.17) is 0 Å². The molecule has 0 radical (unpaired) electrons. The topological polar surface area (TPSA) is 78.5 Å². The summed E-state index contributed by atoms with van der Waals surface area (Å²) in [6.45, 7) is 0.772. The van der Waals surface area contributed by atoms with E-state index in [-0.39, 0.29) is 24.3 Å². The summed E-state index contributed by atoms with van der Waals surface area (Å²) >= 11 is 3.45. The smallest absolute Gasteiger partial charge is 0.251 e. The number of benzene rings is 2. The molecule has 0 bridgehead atoms. The number of nitrogens with one attached hydrogen (secondary N) is 2. The van der Waals surface area contributed by atoms with Crippen molar-refractivity contribution in [2.75, 3.05) is 18.5 Å². The van der Waals surface area contributed by atoms with E-state index < -0.39 is 5.92 Å². The molecule has 2 aromatic rings. The molecule has 2 N–H and O–H groups in total. The molecule has 2 aromatic carbocycles. The molecule has 1 atom stereocenters. The van der Waals surface area contributed by atoms with Gasteiger partial charge in [-0.25, -0.2) is 0 Å². The van der Waals surface area contributed by atoms with Gasteiger partial charge in [-0.2, -0.15) is 0 Å². The van der Waals surface area contributed by atoms with Gasteiger partial charge in [0.2, 0.25) is 11.8 Å². The summed E-state index contributed by atoms with van der Waals surface area (Å²) in [5.41, 5.74) is 2.11. The molecule has 6 nitrogen and oxygen atoms in total. The van der Waals surface area contributed by atoms with Gasteiger partial charge in [0.05, 0.1) is 5.69 Å². The highest BCUT2D eigenvalue weighted by Crippen LogP contribution is 2.31. The Hall–Kier alpha value is -2.67. The Morgan fingerprint density at radius 1 is 1.19 bits per heavy atom. The Labute approximate surface area is 166 Å². The average molecular weight is 430 g/mol. The molecule has 0 aliphatic carbocycles. The maximum atomic E-state index is 12.7. The van der Waals surface area contributed by atoms with Crippen molar-refractivity contribution in [3.05, 3.63) is 64.1 Å². The lowest BCUT2D eigenvalue weighted by atomic mass is 10.1. The van der Waals surface area contributed by atoms with Crippen molar-refractivity contribution < 1.29 is 14.4 Å². The van der Waals surface area contributed by atoms with Crippen LogP contribution >= 0.6 is 15.9 Å². The van der Waals surface area contributed by atoms with Gasteiger partial charge in [0.15, 0.2) is 0 Å². The molecule has 0 unspecified atom stereocenters. The molecular formula is C20H20BrN3O3. The third kappa shape index (κ3) is 4.19. The average Bonchev–Trinajstić information content (AvgIpc) is 3.07. The quantitative estimate of drug-likeness (QED) is 0.716. The molecule has 7 heteroatoms. The van der Waals surface area contributed by atoms with E-state index in [2.05, 4.69) is 26.6 Å². The summed E-state index contributed by atoms with van der Waals surface area (Å²) in [5, 5.41) is 5.38. The summed E-state index contributed by atoms with van der Waals surface area (Å²) in [6, 6.07) is 14.5. The third-order valence-electron chi connectivity index (χ3n) is 4.55. The highest BCUT2D eigenvalue weighted by molar-refractivity contribution is 9.10. The zero-order chi connectivity index (χ0) is 19.4. The number of hydrogen-bond donors (Lipinski definition) is 2. The summed E-state index contributed by atoms with van der Waals surface area (Å²) in [7, 11) is 1.57. The lowest BCUT2D eigenvalue weighted by Gasteiger charge is -2.18. The van der Waals surface area contributed by atoms with E-state index in [1.807, 2.05) is 30.3 Å². The number of nitrogens with zero attached hydrogens (tertiary/aromatic N) is 1. The minimum atomic E-state index is -0.695. The van der Waals surface area contributed by atoms with E-state index in [9.17, 15) is 14.4 Å². The van der Waals surface area contributed by atoms with Gasteiger partial charge in [-0.3, -0.25) is 14.4 Å². The highest BCUT2D eigenvalue weighted by atomic mass is 79.9. The fourth-order valence-electron chi connectivity index (χ4n) is 3.11. The van der Waals surface area contributed by atoms with Gasteiger partial charge in [-0.05, 0) is 52.2 Å². The van der Waals surface area contributed by atoms with Gasteiger partial charge < -0.3 is 15.5 Å². The zero-order valence-electron chi connectivity index (χ0n) is 14.9. The van der Waals surface area contributed by atoms with E-state index in [0.717, 1.165) is 15.7 Å². The number of para-hydroxylation sites is 1. The van der Waals surface area contributed by atoms with Gasteiger partial charge in [0, 0.05) is 30.2 Å². The minimum Gasteiger partial charge on any atom is -0.355 e. The van der Waals surface area contributed by atoms with Crippen LogP contribution in [0.1, 0.15) is 22.3 Å². The number of halogens is 1. The molecule has 3 amide bonds. The Kier molecular flexibility index (Phi) is 5.91. The predicted octanol–water partition coefficient (Wildman–Crippen LogP) is 2.48. The van der Waals surface area contributed by atoms with E-state index in [1.54, 1.807) is 30.1 Å². The molecule has 140 valence electrons. The van der Waals surface area contributed by atoms with E-state index in [1.165, 1.54) is 0 Å². The molecule has 1 aliphatic rings. The van der Waals surface area contributed by atoms with Crippen LogP contribution in [0.15, 0.2) is 53.0 Å². The van der Waals surface area contributed by atoms with Crippen LogP contribution in [0.2, 0.25) is 0 Å². The standard InChI is InChI=1S/C20H20BrN3O3/c1-22-18(25)14-6-4-5-13(11-14)12-23-19(26)15-9-10-24(20(15)27)17-8-3-2-7-16(17)21/h2-8,11,15H,9-10,12H2,1H3,(H,22,25)(H,23,26)/t15-/m0/s1. The van der Waals surface area contributed by atoms with Crippen molar-refractivity contribution in [2.24, 2.45) is 5.92 Å². The number of carbonyl (C=O) groups excluding carboxylic acids is 3. The Morgan fingerprint density at radius 2 is 1.96 bits per heavy atom. The number of carbonyl (C=O) groups is 3. The second kappa shape index (κ2) is 8.35. The molecule has 1 aliphatic heterocycles. The number of anilines is 1. The van der Waals surface area contributed by atoms with Gasteiger partial charge in [-0.15, -0.1) is 0 Å². The first-order valence-electron chi connectivity index (χ1n) is 8.66. The molecule has 1 saturated heterocycles. The van der Waals surface area contributed by atoms with Crippen molar-refractivity contribution in [3.8, 4) is 0 Å². The van der Waals surface area contributed by atoms with Crippen LogP contribution < -0.4 is 15.5 Å². The lowest BCUT2D eigenvalue weighted by Crippen LogP contribution is -2.36. The summed E-state index contributed by atoms with van der Waals surface area (Å²) in [5.74, 6) is -1.36. The zero-order valence-corrected chi connectivity index (χ0v) is 16.5. The van der Waals surface area contributed by atoms with Gasteiger partial charge >= 0.3 is 0 Å². The fraction of sp³-hybridized carbons (Fsp3) is 0.250. The minimum absolute atomic E-state index is 0.182. The predicted molar refractivity (Wildman–Crippen MR) is 106 cm³/mol. The van der Waals surface area contributed by atoms with Crippen molar-refractivity contribution in [1.29, 1.82) is 0 Å². The monoisotopic (exact) mass is 429 g/mol. The first-order chi connectivity index (χ1) is 13.0. The number of amides is 3. The van der Waals surface area contributed by atoms with Crippen LogP contribution in [-0.2, 0) is 16.1 Å². The molecule has 1 heterocycles. The van der Waals surface area contributed by atoms with Crippen LogP contribution in [0.4, 0.5) is 5.69 Å². The number of hydrogen-bond acceptors (Lipinski definition) is 3. The van der Waals surface area contributed by atoms with Crippen LogP contribution in [0, 0.1) is 5.92 Å².